The van der Waals surface area contributed by atoms with Gasteiger partial charge in [0.2, 0.25) is 5.71 Å². The molecule has 0 bridgehead atoms. The maximum Gasteiger partial charge on any atom is 0.360 e. The Morgan fingerprint density at radius 1 is 1.59 bits per heavy atom. The highest BCUT2D eigenvalue weighted by Crippen LogP contribution is 2.27. The van der Waals surface area contributed by atoms with Gasteiger partial charge in [0.1, 0.15) is 11.6 Å². The molecule has 1 heterocycles. The summed E-state index contributed by atoms with van der Waals surface area (Å²) in [6.45, 7) is 0. The predicted molar refractivity (Wildman–Crippen MR) is 79.4 cm³/mol. The molecule has 1 saturated carbocycles. The number of nitrogen functional groups attached to an aromatic ring is 1. The van der Waals surface area contributed by atoms with Crippen LogP contribution < -0.4 is 5.73 Å². The number of ether oxygens (including phenoxy) is 1. The van der Waals surface area contributed by atoms with E-state index in [-0.39, 0.29) is 22.6 Å². The zero-order chi connectivity index (χ0) is 16.1. The second-order valence-electron chi connectivity index (χ2n) is 4.68. The van der Waals surface area contributed by atoms with Crippen molar-refractivity contribution in [3.8, 4) is 0 Å². The van der Waals surface area contributed by atoms with Crippen LogP contribution in [0, 0.1) is 0 Å². The molecule has 1 aromatic heterocycles. The summed E-state index contributed by atoms with van der Waals surface area (Å²) in [6.07, 6.45) is 0.922. The normalized spacial score (nSPS) is 22.2. The smallest absolute Gasteiger partial charge is 0.360 e. The molecule has 1 aromatic rings. The van der Waals surface area contributed by atoms with Gasteiger partial charge < -0.3 is 20.4 Å². The number of hydrogen-bond donors (Lipinski definition) is 2. The Balaban J connectivity index is 2.14. The molecule has 8 nitrogen and oxygen atoms in total. The van der Waals surface area contributed by atoms with Crippen molar-refractivity contribution < 1.29 is 24.3 Å². The molecule has 1 fully saturated rings. The van der Waals surface area contributed by atoms with Crippen molar-refractivity contribution in [2.45, 2.75) is 31.5 Å². The third kappa shape index (κ3) is 3.70. The van der Waals surface area contributed by atoms with Crippen molar-refractivity contribution in [2.75, 3.05) is 12.8 Å². The second kappa shape index (κ2) is 7.17. The molecule has 0 spiro atoms. The molecule has 1 aliphatic carbocycles. The maximum absolute atomic E-state index is 11.2. The summed E-state index contributed by atoms with van der Waals surface area (Å²) in [7, 11) is 1.57. The first-order valence-corrected chi connectivity index (χ1v) is 7.38. The van der Waals surface area contributed by atoms with E-state index in [1.54, 1.807) is 7.11 Å². The van der Waals surface area contributed by atoms with Gasteiger partial charge in [-0.3, -0.25) is 0 Å². The second-order valence-corrected chi connectivity index (χ2v) is 5.57. The van der Waals surface area contributed by atoms with Gasteiger partial charge in [0.05, 0.1) is 11.7 Å². The highest BCUT2D eigenvalue weighted by Gasteiger charge is 2.29. The predicted octanol–water partition coefficient (Wildman–Crippen LogP) is 0.856. The van der Waals surface area contributed by atoms with Gasteiger partial charge >= 0.3 is 5.97 Å². The Morgan fingerprint density at radius 3 is 2.91 bits per heavy atom. The van der Waals surface area contributed by atoms with Crippen LogP contribution in [0.3, 0.4) is 0 Å². The van der Waals surface area contributed by atoms with E-state index in [9.17, 15) is 14.7 Å². The highest BCUT2D eigenvalue weighted by atomic mass is 32.1. The average Bonchev–Trinajstić information content (AvgIpc) is 2.93. The average molecular weight is 325 g/mol. The molecule has 22 heavy (non-hydrogen) atoms. The maximum atomic E-state index is 11.2. The van der Waals surface area contributed by atoms with E-state index in [0.717, 1.165) is 11.3 Å². The first-order valence-electron chi connectivity index (χ1n) is 6.50. The van der Waals surface area contributed by atoms with E-state index in [1.165, 1.54) is 5.38 Å². The van der Waals surface area contributed by atoms with Crippen LogP contribution in [0.2, 0.25) is 0 Å². The van der Waals surface area contributed by atoms with Crippen LogP contribution in [0.1, 0.15) is 25.0 Å². The van der Waals surface area contributed by atoms with Crippen LogP contribution in [-0.4, -0.2) is 47.0 Å². The number of oxime groups is 1. The summed E-state index contributed by atoms with van der Waals surface area (Å²) in [6, 6.07) is 0. The zero-order valence-electron chi connectivity index (χ0n) is 11.8. The number of rotatable bonds is 5. The zero-order valence-corrected chi connectivity index (χ0v) is 12.6. The van der Waals surface area contributed by atoms with Crippen molar-refractivity contribution in [2.24, 2.45) is 5.16 Å². The van der Waals surface area contributed by atoms with Gasteiger partial charge in [-0.2, -0.15) is 0 Å². The molecule has 2 atom stereocenters. The molecule has 0 saturated heterocycles. The van der Waals surface area contributed by atoms with Crippen LogP contribution in [-0.2, 0) is 19.2 Å². The minimum absolute atomic E-state index is 0.0578. The molecule has 1 aliphatic rings. The quantitative estimate of drug-likeness (QED) is 0.467. The first kappa shape index (κ1) is 16.2. The van der Waals surface area contributed by atoms with Gasteiger partial charge in [0.25, 0.3) is 0 Å². The van der Waals surface area contributed by atoms with Crippen molar-refractivity contribution in [3.05, 3.63) is 16.6 Å². The van der Waals surface area contributed by atoms with Crippen molar-refractivity contribution in [3.63, 3.8) is 0 Å². The minimum Gasteiger partial charge on any atom is -0.476 e. The van der Waals surface area contributed by atoms with Gasteiger partial charge in [-0.05, 0) is 12.8 Å². The number of thiazole rings is 1. The van der Waals surface area contributed by atoms with Crippen LogP contribution >= 0.6 is 11.3 Å². The molecule has 0 aliphatic heterocycles. The molecule has 0 unspecified atom stereocenters. The van der Waals surface area contributed by atoms with E-state index < -0.39 is 12.1 Å². The third-order valence-electron chi connectivity index (χ3n) is 3.29. The summed E-state index contributed by atoms with van der Waals surface area (Å²) in [4.78, 5) is 31.3. The van der Waals surface area contributed by atoms with E-state index in [0.29, 0.717) is 24.8 Å². The van der Waals surface area contributed by atoms with Crippen molar-refractivity contribution >= 4 is 34.1 Å². The molecular weight excluding hydrogens is 310 g/mol. The third-order valence-corrected chi connectivity index (χ3v) is 3.96. The Labute approximate surface area is 130 Å². The Hall–Kier alpha value is -2.22. The molecule has 2 rings (SSSR count). The summed E-state index contributed by atoms with van der Waals surface area (Å²) in [5.41, 5.74) is 5.63. The van der Waals surface area contributed by atoms with Gasteiger partial charge in [-0.25, -0.2) is 14.6 Å². The SMILES string of the molecule is CO[C@H]1CC[C@H](ON=C(C(=O)O)c2csc(N)n2)C(=C=O)C1. The lowest BCUT2D eigenvalue weighted by Crippen LogP contribution is -2.28. The minimum atomic E-state index is -1.28. The lowest BCUT2D eigenvalue weighted by atomic mass is 9.91. The summed E-state index contributed by atoms with van der Waals surface area (Å²) in [5, 5.41) is 14.5. The van der Waals surface area contributed by atoms with E-state index in [4.69, 9.17) is 15.3 Å². The number of methoxy groups -OCH3 is 1. The standard InChI is InChI=1S/C13H15N3O5S/c1-20-8-2-3-10(7(4-8)5-17)21-16-11(12(18)19)9-6-22-13(14)15-9/h6,8,10H,2-4H2,1H3,(H2,14,15)(H,18,19)/t8-,10-/m0/s1. The van der Waals surface area contributed by atoms with Gasteiger partial charge in [0.15, 0.2) is 11.2 Å². The number of hydrogen-bond acceptors (Lipinski definition) is 8. The first-order chi connectivity index (χ1) is 10.5. The number of aromatic nitrogens is 1. The number of carbonyl (C=O) groups is 1. The largest absolute Gasteiger partial charge is 0.476 e. The van der Waals surface area contributed by atoms with Gasteiger partial charge in [-0.15, -0.1) is 11.3 Å². The van der Waals surface area contributed by atoms with E-state index >= 15 is 0 Å². The van der Waals surface area contributed by atoms with Gasteiger partial charge in [-0.1, -0.05) is 5.16 Å². The fraction of sp³-hybridized carbons (Fsp3) is 0.462. The fourth-order valence-corrected chi connectivity index (χ4v) is 2.67. The number of anilines is 1. The Bertz CT molecular complexity index is 635. The Morgan fingerprint density at radius 2 is 2.36 bits per heavy atom. The topological polar surface area (TPSA) is 124 Å². The molecule has 118 valence electrons. The lowest BCUT2D eigenvalue weighted by molar-refractivity contribution is -0.129. The molecular formula is C13H15N3O5S. The number of carboxylic acid groups (broad SMARTS) is 1. The number of nitrogens with two attached hydrogens (primary N) is 1. The fourth-order valence-electron chi connectivity index (χ4n) is 2.12. The number of aliphatic carboxylic acids is 1. The van der Waals surface area contributed by atoms with Crippen LogP contribution in [0.4, 0.5) is 5.13 Å². The molecule has 0 amide bonds. The Kier molecular flexibility index (Phi) is 5.26. The number of carbonyl (C=O) groups excluding carboxylic acids is 1. The van der Waals surface area contributed by atoms with E-state index in [1.807, 2.05) is 5.94 Å². The van der Waals surface area contributed by atoms with Crippen LogP contribution in [0.25, 0.3) is 0 Å². The van der Waals surface area contributed by atoms with Gasteiger partial charge in [0, 0.05) is 18.9 Å². The molecule has 0 aromatic carbocycles. The van der Waals surface area contributed by atoms with Crippen molar-refractivity contribution in [1.29, 1.82) is 0 Å². The summed E-state index contributed by atoms with van der Waals surface area (Å²) >= 11 is 1.10. The van der Waals surface area contributed by atoms with Crippen molar-refractivity contribution in [1.82, 2.24) is 4.98 Å². The molecule has 3 N–H and O–H groups in total. The van der Waals surface area contributed by atoms with Crippen LogP contribution in [0.15, 0.2) is 16.1 Å². The summed E-state index contributed by atoms with van der Waals surface area (Å²) in [5.74, 6) is 0.542. The van der Waals surface area contributed by atoms with Crippen LogP contribution in [0.5, 0.6) is 0 Å². The van der Waals surface area contributed by atoms with E-state index in [2.05, 4.69) is 10.1 Å². The molecule has 0 radical (unpaired) electrons. The molecule has 9 heteroatoms. The number of nitrogens with zero attached hydrogens (tertiary/aromatic N) is 2. The number of carboxylic acids is 1. The summed E-state index contributed by atoms with van der Waals surface area (Å²) < 4.78 is 5.20. The monoisotopic (exact) mass is 325 g/mol. The highest BCUT2D eigenvalue weighted by molar-refractivity contribution is 7.13. The lowest BCUT2D eigenvalue weighted by Gasteiger charge is -2.26.